The number of benzene rings is 2. The van der Waals surface area contributed by atoms with E-state index in [1.54, 1.807) is 11.8 Å². The number of fused-ring (bicyclic) bond motifs is 3. The van der Waals surface area contributed by atoms with Crippen LogP contribution in [0, 0.1) is 6.92 Å². The van der Waals surface area contributed by atoms with Gasteiger partial charge in [-0.05, 0) is 32.4 Å². The van der Waals surface area contributed by atoms with Crippen LogP contribution in [0.5, 0.6) is 0 Å². The summed E-state index contributed by atoms with van der Waals surface area (Å²) in [6, 6.07) is 12.2. The maximum absolute atomic E-state index is 8.01. The van der Waals surface area contributed by atoms with Gasteiger partial charge in [0.15, 0.2) is 5.58 Å². The fraction of sp³-hybridized carbons (Fsp3) is 0.263. The average Bonchev–Trinajstić information content (AvgIpc) is 3.07. The topological polar surface area (TPSA) is 19.6 Å². The molecule has 2 heterocycles. The van der Waals surface area contributed by atoms with E-state index in [9.17, 15) is 0 Å². The normalized spacial score (nSPS) is 20.0. The molecule has 4 rings (SSSR count). The Morgan fingerprint density at radius 2 is 1.95 bits per heavy atom. The highest BCUT2D eigenvalue weighted by Gasteiger charge is 2.26. The van der Waals surface area contributed by atoms with Gasteiger partial charge in [0.25, 0.3) is 0 Å². The van der Waals surface area contributed by atoms with Crippen LogP contribution in [0.25, 0.3) is 21.9 Å². The highest BCUT2D eigenvalue weighted by molar-refractivity contribution is 6.09. The van der Waals surface area contributed by atoms with Crippen LogP contribution in [-0.2, 0) is 0 Å². The van der Waals surface area contributed by atoms with E-state index in [0.29, 0.717) is 0 Å². The molecule has 0 aliphatic carbocycles. The smallest absolute Gasteiger partial charge is 0.159 e. The van der Waals surface area contributed by atoms with Gasteiger partial charge in [-0.15, -0.1) is 0 Å². The Balaban J connectivity index is 1.91. The Hall–Kier alpha value is -2.42. The monoisotopic (exact) mass is 294 g/mol. The molecule has 1 aliphatic heterocycles. The average molecular weight is 294 g/mol. The standard InChI is InChI=1S/C19H20N2O/c1-4-20-11-12-21(14(20)3)18-13(2)9-10-16-15-7-5-6-8-17(15)22-19(16)18/h5-12,14H,4H2,1-3H3/t14-/m1/s1/i4D2. The second kappa shape index (κ2) is 4.80. The summed E-state index contributed by atoms with van der Waals surface area (Å²) in [6.45, 7) is 4.22. The maximum atomic E-state index is 8.01. The molecule has 1 aliphatic rings. The summed E-state index contributed by atoms with van der Waals surface area (Å²) in [4.78, 5) is 3.80. The first-order valence-corrected chi connectivity index (χ1v) is 7.54. The van der Waals surface area contributed by atoms with Crippen LogP contribution in [0.1, 0.15) is 22.2 Å². The molecule has 0 saturated heterocycles. The molecule has 112 valence electrons. The van der Waals surface area contributed by atoms with Gasteiger partial charge in [0.2, 0.25) is 0 Å². The molecule has 3 heteroatoms. The van der Waals surface area contributed by atoms with Crippen LogP contribution in [-0.4, -0.2) is 17.6 Å². The molecule has 0 spiro atoms. The van der Waals surface area contributed by atoms with Gasteiger partial charge < -0.3 is 14.2 Å². The highest BCUT2D eigenvalue weighted by atomic mass is 16.3. The number of anilines is 1. The van der Waals surface area contributed by atoms with E-state index in [4.69, 9.17) is 7.16 Å². The van der Waals surface area contributed by atoms with Crippen molar-refractivity contribution < 1.29 is 7.16 Å². The zero-order valence-electron chi connectivity index (χ0n) is 15.0. The molecule has 0 N–H and O–H groups in total. The lowest BCUT2D eigenvalue weighted by atomic mass is 10.1. The van der Waals surface area contributed by atoms with Crippen molar-refractivity contribution in [1.82, 2.24) is 4.90 Å². The van der Waals surface area contributed by atoms with Crippen LogP contribution in [0.15, 0.2) is 53.2 Å². The molecule has 0 fully saturated rings. The molecule has 3 aromatic rings. The summed E-state index contributed by atoms with van der Waals surface area (Å²) in [5, 5.41) is 2.19. The zero-order valence-corrected chi connectivity index (χ0v) is 13.0. The summed E-state index contributed by atoms with van der Waals surface area (Å²) in [7, 11) is 0. The van der Waals surface area contributed by atoms with E-state index in [0.717, 1.165) is 33.2 Å². The third-order valence-corrected chi connectivity index (χ3v) is 4.43. The van der Waals surface area contributed by atoms with Crippen molar-refractivity contribution in [3.05, 3.63) is 54.4 Å². The zero-order chi connectivity index (χ0) is 17.1. The lowest BCUT2D eigenvalue weighted by Gasteiger charge is -2.29. The number of hydrogen-bond donors (Lipinski definition) is 0. The van der Waals surface area contributed by atoms with Gasteiger partial charge in [0.1, 0.15) is 11.7 Å². The fourth-order valence-corrected chi connectivity index (χ4v) is 3.24. The first-order chi connectivity index (χ1) is 11.4. The van der Waals surface area contributed by atoms with Gasteiger partial charge in [-0.25, -0.2) is 0 Å². The number of furan rings is 1. The molecular formula is C19H20N2O. The molecule has 0 unspecified atom stereocenters. The van der Waals surface area contributed by atoms with E-state index in [1.165, 1.54) is 0 Å². The molecule has 22 heavy (non-hydrogen) atoms. The van der Waals surface area contributed by atoms with Crippen LogP contribution < -0.4 is 4.90 Å². The number of nitrogens with zero attached hydrogens (tertiary/aromatic N) is 2. The summed E-state index contributed by atoms with van der Waals surface area (Å²) in [5.41, 5.74) is 3.83. The SMILES string of the molecule is [2H]C([2H])(C)N1C=CN(c2c(C)ccc3c2oc2ccccc23)[C@@H]1C. The van der Waals surface area contributed by atoms with Gasteiger partial charge in [-0.1, -0.05) is 30.3 Å². The second-order valence-electron chi connectivity index (χ2n) is 5.67. The minimum Gasteiger partial charge on any atom is -0.454 e. The predicted octanol–water partition coefficient (Wildman–Crippen LogP) is 4.85. The van der Waals surface area contributed by atoms with Gasteiger partial charge in [0, 0.05) is 32.4 Å². The van der Waals surface area contributed by atoms with Crippen molar-refractivity contribution in [3.8, 4) is 0 Å². The Labute approximate surface area is 133 Å². The first kappa shape index (κ1) is 11.2. The lowest BCUT2D eigenvalue weighted by molar-refractivity contribution is 0.334. The largest absolute Gasteiger partial charge is 0.454 e. The predicted molar refractivity (Wildman–Crippen MR) is 91.9 cm³/mol. The van der Waals surface area contributed by atoms with Gasteiger partial charge in [-0.2, -0.15) is 0 Å². The molecule has 0 amide bonds. The van der Waals surface area contributed by atoms with Crippen LogP contribution in [0.4, 0.5) is 5.69 Å². The van der Waals surface area contributed by atoms with Crippen molar-refractivity contribution in [2.45, 2.75) is 26.9 Å². The first-order valence-electron chi connectivity index (χ1n) is 8.54. The van der Waals surface area contributed by atoms with Crippen molar-refractivity contribution in [2.75, 3.05) is 11.4 Å². The van der Waals surface area contributed by atoms with Crippen molar-refractivity contribution in [2.24, 2.45) is 0 Å². The summed E-state index contributed by atoms with van der Waals surface area (Å²) >= 11 is 0. The van der Waals surface area contributed by atoms with E-state index in [2.05, 4.69) is 30.0 Å². The minimum atomic E-state index is -1.42. The quantitative estimate of drug-likeness (QED) is 0.673. The number of hydrogen-bond acceptors (Lipinski definition) is 3. The third kappa shape index (κ3) is 1.75. The highest BCUT2D eigenvalue weighted by Crippen LogP contribution is 2.39. The Bertz CT molecular complexity index is 955. The van der Waals surface area contributed by atoms with Crippen LogP contribution >= 0.6 is 0 Å². The summed E-state index contributed by atoms with van der Waals surface area (Å²) in [6.07, 6.45) is 3.62. The number of rotatable bonds is 2. The molecule has 0 saturated carbocycles. The molecule has 2 aromatic carbocycles. The Morgan fingerprint density at radius 1 is 1.14 bits per heavy atom. The van der Waals surface area contributed by atoms with Crippen LogP contribution in [0.3, 0.4) is 0 Å². The molecule has 1 atom stereocenters. The van der Waals surface area contributed by atoms with Crippen LogP contribution in [0.2, 0.25) is 0 Å². The fourth-order valence-electron chi connectivity index (χ4n) is 3.24. The number of aryl methyl sites for hydroxylation is 1. The summed E-state index contributed by atoms with van der Waals surface area (Å²) < 4.78 is 22.2. The second-order valence-corrected chi connectivity index (χ2v) is 5.67. The maximum Gasteiger partial charge on any atom is 0.159 e. The van der Waals surface area contributed by atoms with Gasteiger partial charge in [-0.3, -0.25) is 0 Å². The van der Waals surface area contributed by atoms with Crippen molar-refractivity contribution in [1.29, 1.82) is 0 Å². The Morgan fingerprint density at radius 3 is 2.73 bits per heavy atom. The Kier molecular flexibility index (Phi) is 2.44. The van der Waals surface area contributed by atoms with Gasteiger partial charge in [0.05, 0.1) is 5.69 Å². The third-order valence-electron chi connectivity index (χ3n) is 4.43. The van der Waals surface area contributed by atoms with Crippen molar-refractivity contribution in [3.63, 3.8) is 0 Å². The minimum absolute atomic E-state index is 0.123. The molecule has 3 nitrogen and oxygen atoms in total. The summed E-state index contributed by atoms with van der Waals surface area (Å²) in [5.74, 6) is 0. The molecule has 1 aromatic heterocycles. The lowest BCUT2D eigenvalue weighted by Crippen LogP contribution is -2.36. The molecular weight excluding hydrogens is 272 g/mol. The molecule has 0 bridgehead atoms. The van der Waals surface area contributed by atoms with Crippen molar-refractivity contribution >= 4 is 27.6 Å². The van der Waals surface area contributed by atoms with E-state index < -0.39 is 6.50 Å². The van der Waals surface area contributed by atoms with E-state index in [1.807, 2.05) is 37.5 Å². The number of para-hydroxylation sites is 1. The van der Waals surface area contributed by atoms with E-state index in [-0.39, 0.29) is 6.17 Å². The molecule has 0 radical (unpaired) electrons. The van der Waals surface area contributed by atoms with Gasteiger partial charge >= 0.3 is 0 Å². The van der Waals surface area contributed by atoms with E-state index >= 15 is 0 Å².